The van der Waals surface area contributed by atoms with E-state index < -0.39 is 0 Å². The number of aromatic nitrogens is 4. The number of hydrogen-bond acceptors (Lipinski definition) is 5. The summed E-state index contributed by atoms with van der Waals surface area (Å²) in [6.07, 6.45) is 6.14. The van der Waals surface area contributed by atoms with E-state index in [2.05, 4.69) is 61.7 Å². The van der Waals surface area contributed by atoms with Gasteiger partial charge in [0.2, 0.25) is 0 Å². The second kappa shape index (κ2) is 6.80. The molecule has 6 nitrogen and oxygen atoms in total. The predicted molar refractivity (Wildman–Crippen MR) is 93.1 cm³/mol. The third-order valence-electron chi connectivity index (χ3n) is 4.39. The summed E-state index contributed by atoms with van der Waals surface area (Å²) in [5, 5.41) is 7.84. The highest BCUT2D eigenvalue weighted by atomic mass is 15.3. The highest BCUT2D eigenvalue weighted by molar-refractivity contribution is 5.47. The minimum atomic E-state index is 0.481. The molecule has 122 valence electrons. The zero-order chi connectivity index (χ0) is 16.2. The molecule has 1 aliphatic heterocycles. The van der Waals surface area contributed by atoms with Gasteiger partial charge in [0.1, 0.15) is 12.7 Å². The highest BCUT2D eigenvalue weighted by Crippen LogP contribution is 2.20. The number of pyridine rings is 1. The van der Waals surface area contributed by atoms with Gasteiger partial charge in [-0.2, -0.15) is 5.10 Å². The topological polar surface area (TPSA) is 58.9 Å². The van der Waals surface area contributed by atoms with Crippen LogP contribution in [0, 0.1) is 0 Å². The van der Waals surface area contributed by atoms with Gasteiger partial charge in [0, 0.05) is 43.1 Å². The van der Waals surface area contributed by atoms with Crippen molar-refractivity contribution in [3.05, 3.63) is 66.9 Å². The number of nitrogens with zero attached hydrogens (tertiary/aromatic N) is 5. The number of benzene rings is 1. The minimum Gasteiger partial charge on any atom is -0.370 e. The van der Waals surface area contributed by atoms with Gasteiger partial charge in [0.05, 0.1) is 0 Å². The van der Waals surface area contributed by atoms with Crippen LogP contribution in [0.5, 0.6) is 0 Å². The van der Waals surface area contributed by atoms with Crippen LogP contribution in [0.25, 0.3) is 5.82 Å². The van der Waals surface area contributed by atoms with Crippen molar-refractivity contribution in [1.29, 1.82) is 0 Å². The Morgan fingerprint density at radius 3 is 2.88 bits per heavy atom. The van der Waals surface area contributed by atoms with Gasteiger partial charge in [0.15, 0.2) is 5.82 Å². The van der Waals surface area contributed by atoms with Gasteiger partial charge in [-0.25, -0.2) is 14.6 Å². The largest absolute Gasteiger partial charge is 0.370 e. The first kappa shape index (κ1) is 14.8. The molecule has 1 aromatic carbocycles. The van der Waals surface area contributed by atoms with E-state index in [1.54, 1.807) is 17.2 Å². The van der Waals surface area contributed by atoms with Crippen molar-refractivity contribution in [2.24, 2.45) is 0 Å². The Balaban J connectivity index is 1.40. The van der Waals surface area contributed by atoms with E-state index >= 15 is 0 Å². The second-order valence-electron chi connectivity index (χ2n) is 5.97. The molecule has 24 heavy (non-hydrogen) atoms. The van der Waals surface area contributed by atoms with Crippen LogP contribution in [0.2, 0.25) is 0 Å². The SMILES string of the molecule is c1ccc(N2CCC(NCc3cccnc3-n3cncn3)C2)cc1. The molecule has 6 heteroatoms. The molecule has 3 heterocycles. The van der Waals surface area contributed by atoms with Gasteiger partial charge < -0.3 is 10.2 Å². The van der Waals surface area contributed by atoms with Crippen LogP contribution in [0.3, 0.4) is 0 Å². The lowest BCUT2D eigenvalue weighted by Gasteiger charge is -2.19. The molecule has 1 atom stereocenters. The average molecular weight is 320 g/mol. The molecule has 2 aromatic heterocycles. The Labute approximate surface area is 141 Å². The molecule has 0 spiro atoms. The number of anilines is 1. The maximum absolute atomic E-state index is 4.44. The smallest absolute Gasteiger partial charge is 0.159 e. The Kier molecular flexibility index (Phi) is 4.20. The standard InChI is InChI=1S/C18H20N6/c1-2-6-17(7-3-1)23-10-8-16(12-23)21-11-15-5-4-9-20-18(15)24-14-19-13-22-24/h1-7,9,13-14,16,21H,8,10-12H2. The molecule has 1 saturated heterocycles. The van der Waals surface area contributed by atoms with Gasteiger partial charge in [-0.15, -0.1) is 0 Å². The fourth-order valence-electron chi connectivity index (χ4n) is 3.15. The molecule has 0 bridgehead atoms. The fourth-order valence-corrected chi connectivity index (χ4v) is 3.15. The Hall–Kier alpha value is -2.73. The van der Waals surface area contributed by atoms with Gasteiger partial charge in [-0.3, -0.25) is 0 Å². The van der Waals surface area contributed by atoms with Gasteiger partial charge >= 0.3 is 0 Å². The zero-order valence-electron chi connectivity index (χ0n) is 13.4. The number of rotatable bonds is 5. The van der Waals surface area contributed by atoms with Gasteiger partial charge in [-0.05, 0) is 24.6 Å². The highest BCUT2D eigenvalue weighted by Gasteiger charge is 2.22. The predicted octanol–water partition coefficient (Wildman–Crippen LogP) is 2.03. The van der Waals surface area contributed by atoms with E-state index in [0.29, 0.717) is 6.04 Å². The van der Waals surface area contributed by atoms with E-state index in [1.807, 2.05) is 6.07 Å². The van der Waals surface area contributed by atoms with Crippen LogP contribution in [-0.2, 0) is 6.54 Å². The first-order chi connectivity index (χ1) is 11.9. The van der Waals surface area contributed by atoms with Crippen molar-refractivity contribution < 1.29 is 0 Å². The average Bonchev–Trinajstić information content (AvgIpc) is 3.33. The summed E-state index contributed by atoms with van der Waals surface area (Å²) in [6, 6.07) is 15.1. The lowest BCUT2D eigenvalue weighted by Crippen LogP contribution is -2.32. The zero-order valence-corrected chi connectivity index (χ0v) is 13.4. The number of hydrogen-bond donors (Lipinski definition) is 1. The minimum absolute atomic E-state index is 0.481. The number of nitrogens with one attached hydrogen (secondary N) is 1. The van der Waals surface area contributed by atoms with Gasteiger partial charge in [0.25, 0.3) is 0 Å². The van der Waals surface area contributed by atoms with E-state index in [4.69, 9.17) is 0 Å². The van der Waals surface area contributed by atoms with E-state index in [-0.39, 0.29) is 0 Å². The molecule has 1 fully saturated rings. The first-order valence-corrected chi connectivity index (χ1v) is 8.22. The normalized spacial score (nSPS) is 17.3. The molecule has 1 unspecified atom stereocenters. The second-order valence-corrected chi connectivity index (χ2v) is 5.97. The lowest BCUT2D eigenvalue weighted by molar-refractivity contribution is 0.549. The molecule has 0 aliphatic carbocycles. The van der Waals surface area contributed by atoms with Crippen molar-refractivity contribution in [2.45, 2.75) is 19.0 Å². The summed E-state index contributed by atoms with van der Waals surface area (Å²) in [7, 11) is 0. The summed E-state index contributed by atoms with van der Waals surface area (Å²) >= 11 is 0. The fraction of sp³-hybridized carbons (Fsp3) is 0.278. The van der Waals surface area contributed by atoms with Crippen LogP contribution >= 0.6 is 0 Å². The summed E-state index contributed by atoms with van der Waals surface area (Å²) in [5.41, 5.74) is 2.42. The summed E-state index contributed by atoms with van der Waals surface area (Å²) < 4.78 is 1.71. The summed E-state index contributed by atoms with van der Waals surface area (Å²) in [6.45, 7) is 2.89. The molecule has 0 radical (unpaired) electrons. The maximum atomic E-state index is 4.44. The quantitative estimate of drug-likeness (QED) is 0.779. The van der Waals surface area contributed by atoms with Crippen LogP contribution < -0.4 is 10.2 Å². The van der Waals surface area contributed by atoms with Crippen LogP contribution in [0.4, 0.5) is 5.69 Å². The van der Waals surface area contributed by atoms with E-state index in [9.17, 15) is 0 Å². The van der Waals surface area contributed by atoms with Crippen LogP contribution in [0.15, 0.2) is 61.3 Å². The molecule has 1 aliphatic rings. The molecular weight excluding hydrogens is 300 g/mol. The summed E-state index contributed by atoms with van der Waals surface area (Å²) in [5.74, 6) is 0.834. The van der Waals surface area contributed by atoms with Gasteiger partial charge in [-0.1, -0.05) is 24.3 Å². The maximum Gasteiger partial charge on any atom is 0.159 e. The first-order valence-electron chi connectivity index (χ1n) is 8.22. The lowest BCUT2D eigenvalue weighted by atomic mass is 10.2. The van der Waals surface area contributed by atoms with Crippen molar-refractivity contribution in [3.63, 3.8) is 0 Å². The number of para-hydroxylation sites is 1. The molecule has 0 saturated carbocycles. The van der Waals surface area contributed by atoms with E-state index in [1.165, 1.54) is 12.0 Å². The van der Waals surface area contributed by atoms with Crippen LogP contribution in [0.1, 0.15) is 12.0 Å². The van der Waals surface area contributed by atoms with Crippen molar-refractivity contribution >= 4 is 5.69 Å². The monoisotopic (exact) mass is 320 g/mol. The van der Waals surface area contributed by atoms with E-state index in [0.717, 1.165) is 37.4 Å². The van der Waals surface area contributed by atoms with Crippen molar-refractivity contribution in [3.8, 4) is 5.82 Å². The molecular formula is C18H20N6. The Bertz CT molecular complexity index is 771. The molecule has 1 N–H and O–H groups in total. The third kappa shape index (κ3) is 3.14. The van der Waals surface area contributed by atoms with Crippen molar-refractivity contribution in [2.75, 3.05) is 18.0 Å². The van der Waals surface area contributed by atoms with Crippen LogP contribution in [-0.4, -0.2) is 38.9 Å². The molecule has 3 aromatic rings. The molecule has 0 amide bonds. The Morgan fingerprint density at radius 2 is 2.04 bits per heavy atom. The summed E-state index contributed by atoms with van der Waals surface area (Å²) in [4.78, 5) is 10.9. The third-order valence-corrected chi connectivity index (χ3v) is 4.39. The van der Waals surface area contributed by atoms with Crippen molar-refractivity contribution in [1.82, 2.24) is 25.1 Å². The Morgan fingerprint density at radius 1 is 1.12 bits per heavy atom. The molecule has 4 rings (SSSR count).